The molecule has 0 heterocycles. The highest BCUT2D eigenvalue weighted by atomic mass is 32.2. The maximum absolute atomic E-state index is 5.11. The first kappa shape index (κ1) is 11.6. The highest BCUT2D eigenvalue weighted by Crippen LogP contribution is 2.16. The fraction of sp³-hybridized carbons (Fsp3) is 0.200. The summed E-state index contributed by atoms with van der Waals surface area (Å²) in [5, 5.41) is 7.19. The van der Waals surface area contributed by atoms with Gasteiger partial charge in [0, 0.05) is 16.9 Å². The zero-order chi connectivity index (χ0) is 11.1. The monoisotopic (exact) mass is 222 g/mol. The second-order valence-electron chi connectivity index (χ2n) is 2.95. The van der Waals surface area contributed by atoms with Crippen molar-refractivity contribution in [1.82, 2.24) is 0 Å². The van der Waals surface area contributed by atoms with Gasteiger partial charge in [-0.1, -0.05) is 17.7 Å². The molecule has 0 aliphatic carbocycles. The van der Waals surface area contributed by atoms with E-state index in [2.05, 4.69) is 41.4 Å². The van der Waals surface area contributed by atoms with Gasteiger partial charge in [-0.05, 0) is 19.1 Å². The van der Waals surface area contributed by atoms with Crippen molar-refractivity contribution in [3.63, 3.8) is 0 Å². The van der Waals surface area contributed by atoms with Gasteiger partial charge in [0.1, 0.15) is 0 Å². The van der Waals surface area contributed by atoms with Gasteiger partial charge in [0.2, 0.25) is 5.96 Å². The summed E-state index contributed by atoms with van der Waals surface area (Å²) in [4.78, 5) is 1.21. The number of benzene rings is 1. The zero-order valence-corrected chi connectivity index (χ0v) is 9.37. The molecule has 1 aromatic rings. The van der Waals surface area contributed by atoms with E-state index in [1.54, 1.807) is 18.0 Å². The number of nitrogens with two attached hydrogens (primary N) is 2. The van der Waals surface area contributed by atoms with E-state index in [0.29, 0.717) is 0 Å². The maximum atomic E-state index is 5.11. The molecule has 0 saturated carbocycles. The summed E-state index contributed by atoms with van der Waals surface area (Å²) >= 11 is 1.68. The lowest BCUT2D eigenvalue weighted by Crippen LogP contribution is -2.21. The lowest BCUT2D eigenvalue weighted by molar-refractivity contribution is 1.21. The van der Waals surface area contributed by atoms with E-state index in [9.17, 15) is 0 Å². The molecule has 15 heavy (non-hydrogen) atoms. The molecule has 0 amide bonds. The van der Waals surface area contributed by atoms with Crippen LogP contribution in [-0.4, -0.2) is 17.9 Å². The van der Waals surface area contributed by atoms with Gasteiger partial charge >= 0.3 is 0 Å². The third-order valence-corrected chi connectivity index (χ3v) is 2.52. The van der Waals surface area contributed by atoms with Crippen LogP contribution >= 0.6 is 11.8 Å². The Morgan fingerprint density at radius 2 is 2.00 bits per heavy atom. The summed E-state index contributed by atoms with van der Waals surface area (Å²) in [6.45, 7) is 2.06. The lowest BCUT2D eigenvalue weighted by atomic mass is 10.2. The quantitative estimate of drug-likeness (QED) is 0.349. The van der Waals surface area contributed by atoms with E-state index in [-0.39, 0.29) is 5.96 Å². The molecule has 0 saturated heterocycles. The van der Waals surface area contributed by atoms with Crippen LogP contribution in [0.1, 0.15) is 5.56 Å². The van der Waals surface area contributed by atoms with Crippen molar-refractivity contribution in [2.75, 3.05) is 5.75 Å². The van der Waals surface area contributed by atoms with Gasteiger partial charge in [0.25, 0.3) is 0 Å². The van der Waals surface area contributed by atoms with Gasteiger partial charge in [-0.15, -0.1) is 16.9 Å². The van der Waals surface area contributed by atoms with Crippen molar-refractivity contribution in [3.05, 3.63) is 29.8 Å². The summed E-state index contributed by atoms with van der Waals surface area (Å²) in [6, 6.07) is 8.31. The molecule has 0 aromatic heterocycles. The third-order valence-electron chi connectivity index (χ3n) is 1.60. The Labute approximate surface area is 93.5 Å². The summed E-state index contributed by atoms with van der Waals surface area (Å²) in [6.07, 6.45) is 1.67. The van der Waals surface area contributed by atoms with Crippen LogP contribution in [0.5, 0.6) is 0 Å². The molecule has 1 aromatic carbocycles. The van der Waals surface area contributed by atoms with E-state index in [1.165, 1.54) is 10.5 Å². The van der Waals surface area contributed by atoms with Crippen molar-refractivity contribution >= 4 is 23.9 Å². The molecule has 4 nitrogen and oxygen atoms in total. The summed E-state index contributed by atoms with van der Waals surface area (Å²) in [7, 11) is 0. The average Bonchev–Trinajstić information content (AvgIpc) is 2.20. The highest BCUT2D eigenvalue weighted by Gasteiger charge is 1.90. The van der Waals surface area contributed by atoms with Crippen LogP contribution < -0.4 is 11.5 Å². The maximum Gasteiger partial charge on any atom is 0.211 e. The van der Waals surface area contributed by atoms with Gasteiger partial charge in [-0.25, -0.2) is 0 Å². The number of aryl methyl sites for hydroxylation is 1. The summed E-state index contributed by atoms with van der Waals surface area (Å²) in [5.74, 6) is 0.728. The van der Waals surface area contributed by atoms with E-state index in [1.807, 2.05) is 0 Å². The van der Waals surface area contributed by atoms with E-state index < -0.39 is 0 Å². The number of hydrogen-bond donors (Lipinski definition) is 2. The Bertz CT molecular complexity index is 352. The van der Waals surface area contributed by atoms with E-state index >= 15 is 0 Å². The largest absolute Gasteiger partial charge is 0.369 e. The van der Waals surface area contributed by atoms with Crippen LogP contribution in [0.25, 0.3) is 0 Å². The molecular formula is C10H14N4S. The zero-order valence-electron chi connectivity index (χ0n) is 8.55. The number of thioether (sulfide) groups is 1. The average molecular weight is 222 g/mol. The molecule has 5 heteroatoms. The fourth-order valence-corrected chi connectivity index (χ4v) is 1.57. The summed E-state index contributed by atoms with van der Waals surface area (Å²) in [5.41, 5.74) is 11.5. The number of rotatable bonds is 4. The van der Waals surface area contributed by atoms with Gasteiger partial charge in [-0.2, -0.15) is 5.10 Å². The van der Waals surface area contributed by atoms with E-state index in [4.69, 9.17) is 11.5 Å². The Morgan fingerprint density at radius 1 is 1.33 bits per heavy atom. The van der Waals surface area contributed by atoms with Crippen molar-refractivity contribution < 1.29 is 0 Å². The molecule has 4 N–H and O–H groups in total. The standard InChI is InChI=1S/C10H14N4S/c1-8-2-4-9(5-3-8)15-7-6-13-14-10(11)12/h2-6H,7H2,1H3,(H4,11,12,14). The van der Waals surface area contributed by atoms with Gasteiger partial charge in [-0.3, -0.25) is 0 Å². The Hall–Kier alpha value is -1.49. The molecule has 0 unspecified atom stereocenters. The lowest BCUT2D eigenvalue weighted by Gasteiger charge is -1.97. The number of guanidine groups is 1. The predicted molar refractivity (Wildman–Crippen MR) is 66.2 cm³/mol. The topological polar surface area (TPSA) is 76.8 Å². The van der Waals surface area contributed by atoms with Crippen LogP contribution in [-0.2, 0) is 0 Å². The SMILES string of the molecule is Cc1ccc(SCC=NN=C(N)N)cc1. The second kappa shape index (κ2) is 6.08. The van der Waals surface area contributed by atoms with Gasteiger partial charge < -0.3 is 11.5 Å². The molecule has 0 aliphatic heterocycles. The number of hydrogen-bond acceptors (Lipinski definition) is 3. The smallest absolute Gasteiger partial charge is 0.211 e. The van der Waals surface area contributed by atoms with Crippen molar-refractivity contribution in [1.29, 1.82) is 0 Å². The first-order chi connectivity index (χ1) is 7.18. The highest BCUT2D eigenvalue weighted by molar-refractivity contribution is 7.99. The van der Waals surface area contributed by atoms with Crippen molar-refractivity contribution in [2.45, 2.75) is 11.8 Å². The Balaban J connectivity index is 2.35. The molecule has 0 fully saturated rings. The van der Waals surface area contributed by atoms with Crippen molar-refractivity contribution in [2.24, 2.45) is 21.7 Å². The first-order valence-corrected chi connectivity index (χ1v) is 5.47. The third kappa shape index (κ3) is 5.07. The molecular weight excluding hydrogens is 208 g/mol. The van der Waals surface area contributed by atoms with Crippen LogP contribution in [0, 0.1) is 6.92 Å². The minimum atomic E-state index is -0.0217. The van der Waals surface area contributed by atoms with Gasteiger partial charge in [0.05, 0.1) is 0 Å². The predicted octanol–water partition coefficient (Wildman–Crippen LogP) is 1.35. The number of nitrogens with zero attached hydrogens (tertiary/aromatic N) is 2. The molecule has 0 aliphatic rings. The Kier molecular flexibility index (Phi) is 4.70. The fourth-order valence-electron chi connectivity index (χ4n) is 0.909. The van der Waals surface area contributed by atoms with Crippen molar-refractivity contribution in [3.8, 4) is 0 Å². The van der Waals surface area contributed by atoms with Crippen LogP contribution in [0.2, 0.25) is 0 Å². The Morgan fingerprint density at radius 3 is 2.60 bits per heavy atom. The molecule has 1 rings (SSSR count). The van der Waals surface area contributed by atoms with Crippen LogP contribution in [0.3, 0.4) is 0 Å². The second-order valence-corrected chi connectivity index (χ2v) is 4.04. The normalized spacial score (nSPS) is 10.5. The molecule has 0 spiro atoms. The molecule has 80 valence electrons. The van der Waals surface area contributed by atoms with Gasteiger partial charge in [0.15, 0.2) is 0 Å². The van der Waals surface area contributed by atoms with Crippen LogP contribution in [0.15, 0.2) is 39.4 Å². The first-order valence-electron chi connectivity index (χ1n) is 4.48. The minimum Gasteiger partial charge on any atom is -0.369 e. The minimum absolute atomic E-state index is 0.0217. The molecule has 0 bridgehead atoms. The molecule has 0 atom stereocenters. The van der Waals surface area contributed by atoms with E-state index in [0.717, 1.165) is 5.75 Å². The van der Waals surface area contributed by atoms with Crippen LogP contribution in [0.4, 0.5) is 0 Å². The summed E-state index contributed by atoms with van der Waals surface area (Å²) < 4.78 is 0. The molecule has 0 radical (unpaired) electrons.